The Morgan fingerprint density at radius 1 is 1.33 bits per heavy atom. The lowest BCUT2D eigenvalue weighted by molar-refractivity contribution is 0.0341. The van der Waals surface area contributed by atoms with E-state index in [9.17, 15) is 4.79 Å². The van der Waals surface area contributed by atoms with Crippen LogP contribution in [0.3, 0.4) is 0 Å². The third kappa shape index (κ3) is 4.41. The molecule has 1 aliphatic heterocycles. The van der Waals surface area contributed by atoms with Gasteiger partial charge in [-0.2, -0.15) is 0 Å². The fourth-order valence-electron chi connectivity index (χ4n) is 2.77. The Hall–Kier alpha value is -1.76. The second kappa shape index (κ2) is 7.88. The van der Waals surface area contributed by atoms with Crippen LogP contribution >= 0.6 is 11.3 Å². The maximum atomic E-state index is 12.5. The normalized spacial score (nSPS) is 15.4. The van der Waals surface area contributed by atoms with Crippen molar-refractivity contribution in [1.29, 1.82) is 0 Å². The number of aromatic nitrogens is 1. The molecule has 0 atom stereocenters. The van der Waals surface area contributed by atoms with Crippen LogP contribution in [0.1, 0.15) is 31.5 Å². The van der Waals surface area contributed by atoms with Crippen LogP contribution in [0.15, 0.2) is 24.3 Å². The second-order valence-corrected chi connectivity index (χ2v) is 7.17. The van der Waals surface area contributed by atoms with E-state index >= 15 is 0 Å². The third-order valence-corrected chi connectivity index (χ3v) is 5.19. The number of morpholine rings is 1. The van der Waals surface area contributed by atoms with Gasteiger partial charge in [0.25, 0.3) is 5.91 Å². The predicted octanol–water partition coefficient (Wildman–Crippen LogP) is 2.52. The van der Waals surface area contributed by atoms with Gasteiger partial charge in [0.05, 0.1) is 25.5 Å². The van der Waals surface area contributed by atoms with Gasteiger partial charge in [-0.05, 0) is 19.4 Å². The smallest absolute Gasteiger partial charge is 0.263 e. The molecule has 0 saturated carbocycles. The fraction of sp³-hybridized carbons (Fsp3) is 0.444. The van der Waals surface area contributed by atoms with Crippen molar-refractivity contribution < 1.29 is 9.53 Å². The van der Waals surface area contributed by atoms with Gasteiger partial charge in [0, 0.05) is 19.6 Å². The molecule has 1 fully saturated rings. The van der Waals surface area contributed by atoms with Crippen molar-refractivity contribution in [2.75, 3.05) is 26.3 Å². The molecule has 2 aromatic rings. The molecule has 0 bridgehead atoms. The van der Waals surface area contributed by atoms with Gasteiger partial charge in [-0.1, -0.05) is 29.8 Å². The van der Waals surface area contributed by atoms with E-state index in [2.05, 4.69) is 34.3 Å². The number of amides is 1. The lowest BCUT2D eigenvalue weighted by Gasteiger charge is -2.25. The first-order chi connectivity index (χ1) is 11.6. The van der Waals surface area contributed by atoms with E-state index in [1.807, 2.05) is 19.1 Å². The number of benzene rings is 1. The Morgan fingerprint density at radius 3 is 2.88 bits per heavy atom. The predicted molar refractivity (Wildman–Crippen MR) is 95.3 cm³/mol. The molecular formula is C18H23N3O2S. The van der Waals surface area contributed by atoms with Gasteiger partial charge < -0.3 is 10.1 Å². The number of thiazole rings is 1. The molecule has 0 spiro atoms. The van der Waals surface area contributed by atoms with E-state index in [1.54, 1.807) is 0 Å². The second-order valence-electron chi connectivity index (χ2n) is 6.08. The van der Waals surface area contributed by atoms with E-state index in [0.29, 0.717) is 11.4 Å². The van der Waals surface area contributed by atoms with Crippen molar-refractivity contribution in [1.82, 2.24) is 15.2 Å². The highest BCUT2D eigenvalue weighted by Gasteiger charge is 2.18. The number of carbonyl (C=O) groups excluding carboxylic acids is 1. The van der Waals surface area contributed by atoms with Gasteiger partial charge in [-0.15, -0.1) is 11.3 Å². The van der Waals surface area contributed by atoms with Crippen molar-refractivity contribution in [3.63, 3.8) is 0 Å². The minimum absolute atomic E-state index is 0.0419. The molecule has 0 aliphatic carbocycles. The molecule has 1 saturated heterocycles. The number of hydrogen-bond donors (Lipinski definition) is 1. The van der Waals surface area contributed by atoms with Crippen LogP contribution in [-0.4, -0.2) is 42.1 Å². The van der Waals surface area contributed by atoms with Crippen molar-refractivity contribution in [2.24, 2.45) is 0 Å². The summed E-state index contributed by atoms with van der Waals surface area (Å²) in [6.45, 7) is 8.68. The van der Waals surface area contributed by atoms with E-state index in [4.69, 9.17) is 4.74 Å². The summed E-state index contributed by atoms with van der Waals surface area (Å²) in [6.07, 6.45) is 0. The molecule has 24 heavy (non-hydrogen) atoms. The van der Waals surface area contributed by atoms with Crippen LogP contribution < -0.4 is 5.32 Å². The van der Waals surface area contributed by atoms with Crippen LogP contribution in [0.5, 0.6) is 0 Å². The first kappa shape index (κ1) is 17.1. The SMILES string of the molecule is Cc1cccc(CNC(=O)c2sc(CN3CCOCC3)nc2C)c1. The highest BCUT2D eigenvalue weighted by atomic mass is 32.1. The number of hydrogen-bond acceptors (Lipinski definition) is 5. The lowest BCUT2D eigenvalue weighted by Crippen LogP contribution is -2.35. The van der Waals surface area contributed by atoms with Crippen molar-refractivity contribution in [3.8, 4) is 0 Å². The highest BCUT2D eigenvalue weighted by Crippen LogP contribution is 2.20. The minimum atomic E-state index is -0.0419. The first-order valence-electron chi connectivity index (χ1n) is 8.22. The third-order valence-electron chi connectivity index (χ3n) is 4.05. The average Bonchev–Trinajstić information content (AvgIpc) is 2.94. The zero-order chi connectivity index (χ0) is 16.9. The maximum Gasteiger partial charge on any atom is 0.263 e. The van der Waals surface area contributed by atoms with Crippen LogP contribution in [0.2, 0.25) is 0 Å². The topological polar surface area (TPSA) is 54.5 Å². The Bertz CT molecular complexity index is 708. The largest absolute Gasteiger partial charge is 0.379 e. The number of nitrogens with one attached hydrogen (secondary N) is 1. The number of carbonyl (C=O) groups is 1. The van der Waals surface area contributed by atoms with Crippen molar-refractivity contribution >= 4 is 17.2 Å². The van der Waals surface area contributed by atoms with E-state index in [1.165, 1.54) is 16.9 Å². The van der Waals surface area contributed by atoms with Crippen molar-refractivity contribution in [3.05, 3.63) is 51.0 Å². The molecule has 0 radical (unpaired) electrons. The molecule has 2 heterocycles. The Labute approximate surface area is 146 Å². The minimum Gasteiger partial charge on any atom is -0.379 e. The van der Waals surface area contributed by atoms with Gasteiger partial charge in [0.1, 0.15) is 9.88 Å². The summed E-state index contributed by atoms with van der Waals surface area (Å²) in [5.74, 6) is -0.0419. The van der Waals surface area contributed by atoms with Gasteiger partial charge in [-0.25, -0.2) is 4.98 Å². The highest BCUT2D eigenvalue weighted by molar-refractivity contribution is 7.13. The summed E-state index contributed by atoms with van der Waals surface area (Å²) in [7, 11) is 0. The summed E-state index contributed by atoms with van der Waals surface area (Å²) < 4.78 is 5.36. The van der Waals surface area contributed by atoms with Crippen LogP contribution in [-0.2, 0) is 17.8 Å². The summed E-state index contributed by atoms with van der Waals surface area (Å²) in [4.78, 5) is 20.1. The van der Waals surface area contributed by atoms with Crippen LogP contribution in [0, 0.1) is 13.8 Å². The molecule has 1 N–H and O–H groups in total. The zero-order valence-electron chi connectivity index (χ0n) is 14.2. The molecule has 5 nitrogen and oxygen atoms in total. The van der Waals surface area contributed by atoms with Gasteiger partial charge >= 0.3 is 0 Å². The molecule has 6 heteroatoms. The number of nitrogens with zero attached hydrogens (tertiary/aromatic N) is 2. The maximum absolute atomic E-state index is 12.5. The summed E-state index contributed by atoms with van der Waals surface area (Å²) in [5.41, 5.74) is 3.12. The van der Waals surface area contributed by atoms with E-state index < -0.39 is 0 Å². The molecule has 128 valence electrons. The van der Waals surface area contributed by atoms with Gasteiger partial charge in [0.15, 0.2) is 0 Å². The monoisotopic (exact) mass is 345 g/mol. The van der Waals surface area contributed by atoms with Gasteiger partial charge in [0.2, 0.25) is 0 Å². The fourth-order valence-corrected chi connectivity index (χ4v) is 3.79. The average molecular weight is 345 g/mol. The molecule has 1 amide bonds. The molecule has 0 unspecified atom stereocenters. The zero-order valence-corrected chi connectivity index (χ0v) is 15.0. The molecular weight excluding hydrogens is 322 g/mol. The Kier molecular flexibility index (Phi) is 5.60. The van der Waals surface area contributed by atoms with E-state index in [0.717, 1.165) is 49.1 Å². The molecule has 1 aliphatic rings. The number of rotatable bonds is 5. The summed E-state index contributed by atoms with van der Waals surface area (Å²) in [6, 6.07) is 8.17. The summed E-state index contributed by atoms with van der Waals surface area (Å²) in [5, 5.41) is 3.99. The van der Waals surface area contributed by atoms with Gasteiger partial charge in [-0.3, -0.25) is 9.69 Å². The molecule has 3 rings (SSSR count). The van der Waals surface area contributed by atoms with E-state index in [-0.39, 0.29) is 5.91 Å². The lowest BCUT2D eigenvalue weighted by atomic mass is 10.1. The number of aryl methyl sites for hydroxylation is 2. The quantitative estimate of drug-likeness (QED) is 0.905. The number of ether oxygens (including phenoxy) is 1. The Morgan fingerprint density at radius 2 is 2.12 bits per heavy atom. The van der Waals surface area contributed by atoms with Crippen LogP contribution in [0.25, 0.3) is 0 Å². The van der Waals surface area contributed by atoms with Crippen LogP contribution in [0.4, 0.5) is 0 Å². The summed E-state index contributed by atoms with van der Waals surface area (Å²) >= 11 is 1.49. The standard InChI is InChI=1S/C18H23N3O2S/c1-13-4-3-5-15(10-13)11-19-18(22)17-14(2)20-16(24-17)12-21-6-8-23-9-7-21/h3-5,10H,6-9,11-12H2,1-2H3,(H,19,22). The Balaban J connectivity index is 1.60. The van der Waals surface area contributed by atoms with Crippen molar-refractivity contribution in [2.45, 2.75) is 26.9 Å². The first-order valence-corrected chi connectivity index (χ1v) is 9.03. The molecule has 1 aromatic heterocycles. The molecule has 1 aromatic carbocycles.